The number of rotatable bonds is 8. The lowest BCUT2D eigenvalue weighted by Crippen LogP contribution is -2.34. The Kier molecular flexibility index (Phi) is 7.70. The van der Waals surface area contributed by atoms with Crippen LogP contribution in [0.15, 0.2) is 12.1 Å². The normalized spacial score (nSPS) is 12.0. The number of aryl methyl sites for hydroxylation is 2. The lowest BCUT2D eigenvalue weighted by molar-refractivity contribution is -0.116. The van der Waals surface area contributed by atoms with Gasteiger partial charge in [0, 0.05) is 19.5 Å². The number of carbonyl (C=O) groups excluding carboxylic acids is 1. The van der Waals surface area contributed by atoms with Crippen molar-refractivity contribution in [3.05, 3.63) is 28.3 Å². The summed E-state index contributed by atoms with van der Waals surface area (Å²) < 4.78 is 25.0. The Balaban J connectivity index is 2.70. The molecule has 0 saturated carbocycles. The molecule has 0 atom stereocenters. The number of hydrogen-bond acceptors (Lipinski definition) is 3. The third-order valence-electron chi connectivity index (χ3n) is 3.71. The van der Waals surface area contributed by atoms with Gasteiger partial charge in [-0.15, -0.1) is 0 Å². The average molecular weight is 375 g/mol. The molecule has 0 aliphatic carbocycles. The largest absolute Gasteiger partial charge is 0.325 e. The molecule has 1 aromatic carbocycles. The molecule has 0 aromatic heterocycles. The number of nitrogens with zero attached hydrogens (tertiary/aromatic N) is 1. The molecular weight excluding hydrogens is 348 g/mol. The molecule has 1 rings (SSSR count). The first kappa shape index (κ1) is 20.9. The summed E-state index contributed by atoms with van der Waals surface area (Å²) in [7, 11) is -3.32. The van der Waals surface area contributed by atoms with Gasteiger partial charge >= 0.3 is 0 Å². The quantitative estimate of drug-likeness (QED) is 0.756. The van der Waals surface area contributed by atoms with Crippen LogP contribution in [0.2, 0.25) is 5.02 Å². The fourth-order valence-electron chi connectivity index (χ4n) is 2.35. The Morgan fingerprint density at radius 3 is 2.38 bits per heavy atom. The Hall–Kier alpha value is -1.11. The fraction of sp³-hybridized carbons (Fsp3) is 0.588. The predicted octanol–water partition coefficient (Wildman–Crippen LogP) is 3.59. The standard InChI is InChI=1S/C17H27ClN2O3S/c1-12(2)6-8-20(24(5,22)23)9-7-16(21)19-17-14(4)10-13(3)11-15(17)18/h10-12H,6-9H2,1-5H3,(H,19,21). The summed E-state index contributed by atoms with van der Waals surface area (Å²) in [5.74, 6) is 0.152. The number of nitrogens with one attached hydrogen (secondary N) is 1. The number of carbonyl (C=O) groups is 1. The van der Waals surface area contributed by atoms with Gasteiger partial charge in [-0.3, -0.25) is 4.79 Å². The summed E-state index contributed by atoms with van der Waals surface area (Å²) >= 11 is 6.18. The van der Waals surface area contributed by atoms with E-state index in [0.29, 0.717) is 23.2 Å². The zero-order valence-electron chi connectivity index (χ0n) is 15.0. The molecule has 0 aliphatic heterocycles. The molecule has 0 saturated heterocycles. The van der Waals surface area contributed by atoms with Gasteiger partial charge in [-0.1, -0.05) is 31.5 Å². The molecule has 0 heterocycles. The maximum atomic E-state index is 12.2. The van der Waals surface area contributed by atoms with E-state index < -0.39 is 10.0 Å². The van der Waals surface area contributed by atoms with Crippen LogP contribution in [-0.4, -0.2) is 38.0 Å². The second kappa shape index (κ2) is 8.83. The zero-order chi connectivity index (χ0) is 18.5. The Morgan fingerprint density at radius 1 is 1.25 bits per heavy atom. The minimum atomic E-state index is -3.32. The van der Waals surface area contributed by atoms with Crippen molar-refractivity contribution in [3.63, 3.8) is 0 Å². The third kappa shape index (κ3) is 6.79. The third-order valence-corrected chi connectivity index (χ3v) is 5.31. The molecule has 0 bridgehead atoms. The maximum absolute atomic E-state index is 12.2. The molecule has 0 unspecified atom stereocenters. The number of amides is 1. The van der Waals surface area contributed by atoms with Crippen LogP contribution in [0.25, 0.3) is 0 Å². The van der Waals surface area contributed by atoms with Gasteiger partial charge in [0.1, 0.15) is 0 Å². The highest BCUT2D eigenvalue weighted by Gasteiger charge is 2.18. The van der Waals surface area contributed by atoms with Gasteiger partial charge in [0.05, 0.1) is 17.0 Å². The Labute approximate surface area is 150 Å². The molecular formula is C17H27ClN2O3S. The molecule has 5 nitrogen and oxygen atoms in total. The highest BCUT2D eigenvalue weighted by atomic mass is 35.5. The van der Waals surface area contributed by atoms with Crippen molar-refractivity contribution >= 4 is 33.2 Å². The topological polar surface area (TPSA) is 66.5 Å². The number of benzene rings is 1. The molecule has 1 amide bonds. The molecule has 0 aliphatic rings. The zero-order valence-corrected chi connectivity index (χ0v) is 16.6. The van der Waals surface area contributed by atoms with Crippen LogP contribution in [0.4, 0.5) is 5.69 Å². The molecule has 0 fully saturated rings. The Morgan fingerprint density at radius 2 is 1.88 bits per heavy atom. The van der Waals surface area contributed by atoms with Gasteiger partial charge in [-0.25, -0.2) is 12.7 Å². The van der Waals surface area contributed by atoms with E-state index in [1.54, 1.807) is 6.07 Å². The minimum Gasteiger partial charge on any atom is -0.325 e. The minimum absolute atomic E-state index is 0.0921. The van der Waals surface area contributed by atoms with E-state index in [-0.39, 0.29) is 18.9 Å². The summed E-state index contributed by atoms with van der Waals surface area (Å²) in [6.07, 6.45) is 2.03. The second-order valence-electron chi connectivity index (χ2n) is 6.58. The maximum Gasteiger partial charge on any atom is 0.225 e. The van der Waals surface area contributed by atoms with Gasteiger partial charge in [0.15, 0.2) is 0 Å². The van der Waals surface area contributed by atoms with Crippen LogP contribution in [0, 0.1) is 19.8 Å². The first-order valence-electron chi connectivity index (χ1n) is 8.02. The summed E-state index contributed by atoms with van der Waals surface area (Å²) in [4.78, 5) is 12.2. The lowest BCUT2D eigenvalue weighted by Gasteiger charge is -2.21. The predicted molar refractivity (Wildman–Crippen MR) is 100 cm³/mol. The van der Waals surface area contributed by atoms with Crippen LogP contribution in [0.1, 0.15) is 37.8 Å². The average Bonchev–Trinajstić information content (AvgIpc) is 2.40. The van der Waals surface area contributed by atoms with Gasteiger partial charge in [-0.05, 0) is 43.4 Å². The monoisotopic (exact) mass is 374 g/mol. The van der Waals surface area contributed by atoms with Crippen molar-refractivity contribution in [3.8, 4) is 0 Å². The van der Waals surface area contributed by atoms with Crippen LogP contribution in [0.3, 0.4) is 0 Å². The van der Waals surface area contributed by atoms with Gasteiger partial charge in [0.2, 0.25) is 15.9 Å². The highest BCUT2D eigenvalue weighted by molar-refractivity contribution is 7.88. The van der Waals surface area contributed by atoms with Gasteiger partial charge in [0.25, 0.3) is 0 Å². The molecule has 24 heavy (non-hydrogen) atoms. The van der Waals surface area contributed by atoms with Gasteiger partial charge < -0.3 is 5.32 Å². The van der Waals surface area contributed by atoms with E-state index in [4.69, 9.17) is 11.6 Å². The van der Waals surface area contributed by atoms with Gasteiger partial charge in [-0.2, -0.15) is 0 Å². The first-order valence-corrected chi connectivity index (χ1v) is 10.2. The smallest absolute Gasteiger partial charge is 0.225 e. The van der Waals surface area contributed by atoms with E-state index >= 15 is 0 Å². The number of hydrogen-bond donors (Lipinski definition) is 1. The van der Waals surface area contributed by atoms with E-state index in [2.05, 4.69) is 5.32 Å². The summed E-state index contributed by atoms with van der Waals surface area (Å²) in [5.41, 5.74) is 2.49. The Bertz CT molecular complexity index is 664. The van der Waals surface area contributed by atoms with Crippen LogP contribution >= 0.6 is 11.6 Å². The van der Waals surface area contributed by atoms with Crippen LogP contribution in [0.5, 0.6) is 0 Å². The molecule has 0 spiro atoms. The molecule has 7 heteroatoms. The van der Waals surface area contributed by atoms with E-state index in [1.165, 1.54) is 10.6 Å². The summed E-state index contributed by atoms with van der Waals surface area (Å²) in [5, 5.41) is 3.27. The first-order chi connectivity index (χ1) is 11.0. The summed E-state index contributed by atoms with van der Waals surface area (Å²) in [6, 6.07) is 3.72. The van der Waals surface area contributed by atoms with E-state index in [9.17, 15) is 13.2 Å². The van der Waals surface area contributed by atoms with Crippen molar-refractivity contribution in [2.24, 2.45) is 5.92 Å². The van der Waals surface area contributed by atoms with Crippen LogP contribution in [-0.2, 0) is 14.8 Å². The van der Waals surface area contributed by atoms with E-state index in [0.717, 1.165) is 17.5 Å². The molecule has 1 aromatic rings. The molecule has 1 N–H and O–H groups in total. The molecule has 0 radical (unpaired) electrons. The SMILES string of the molecule is Cc1cc(C)c(NC(=O)CCN(CCC(C)C)S(C)(=O)=O)c(Cl)c1. The van der Waals surface area contributed by atoms with Crippen molar-refractivity contribution in [2.75, 3.05) is 24.7 Å². The fourth-order valence-corrected chi connectivity index (χ4v) is 3.58. The number of halogens is 1. The molecule has 136 valence electrons. The number of sulfonamides is 1. The lowest BCUT2D eigenvalue weighted by atomic mass is 10.1. The van der Waals surface area contributed by atoms with Crippen molar-refractivity contribution in [2.45, 2.75) is 40.5 Å². The highest BCUT2D eigenvalue weighted by Crippen LogP contribution is 2.27. The van der Waals surface area contributed by atoms with Crippen LogP contribution < -0.4 is 5.32 Å². The number of anilines is 1. The van der Waals surface area contributed by atoms with E-state index in [1.807, 2.05) is 33.8 Å². The summed E-state index contributed by atoms with van der Waals surface area (Å²) in [6.45, 7) is 8.47. The second-order valence-corrected chi connectivity index (χ2v) is 8.97. The van der Waals surface area contributed by atoms with Crippen molar-refractivity contribution < 1.29 is 13.2 Å². The van der Waals surface area contributed by atoms with Crippen molar-refractivity contribution in [1.82, 2.24) is 4.31 Å². The van der Waals surface area contributed by atoms with Crippen molar-refractivity contribution in [1.29, 1.82) is 0 Å².